The summed E-state index contributed by atoms with van der Waals surface area (Å²) < 4.78 is 12.1. The number of allylic oxidation sites excluding steroid dienone is 2. The number of anilines is 1. The lowest BCUT2D eigenvalue weighted by Crippen LogP contribution is -2.24. The predicted octanol–water partition coefficient (Wildman–Crippen LogP) is 5.76. The van der Waals surface area contributed by atoms with Crippen LogP contribution in [0.15, 0.2) is 73.8 Å². The largest absolute Gasteiger partial charge is 0.424 e. The van der Waals surface area contributed by atoms with E-state index in [0.717, 1.165) is 24.2 Å². The number of rotatable bonds is 11. The van der Waals surface area contributed by atoms with Crippen LogP contribution in [0, 0.1) is 0 Å². The Kier molecular flexibility index (Phi) is 7.76. The number of ether oxygens (including phenoxy) is 2. The molecule has 1 heterocycles. The molecule has 0 aliphatic carbocycles. The molecular formula is C25H28N4O2. The standard InChI is InChI=1S/C25H28N4O2/c1-5-13-19-15-9-11-17-21(19)30-24-26-23(29(7-3)8-4)27-25(28-24)31-22-18-12-10-16-20(22)14-6-2/h5-6,9-12,15-18H,1-2,7-8,13-14H2,3-4H3. The highest BCUT2D eigenvalue weighted by atomic mass is 16.5. The van der Waals surface area contributed by atoms with E-state index in [1.54, 1.807) is 0 Å². The van der Waals surface area contributed by atoms with Crippen molar-refractivity contribution in [3.05, 3.63) is 85.0 Å². The van der Waals surface area contributed by atoms with E-state index in [0.29, 0.717) is 30.3 Å². The van der Waals surface area contributed by atoms with Gasteiger partial charge in [0.2, 0.25) is 5.95 Å². The first kappa shape index (κ1) is 22.0. The molecule has 0 saturated carbocycles. The van der Waals surface area contributed by atoms with Gasteiger partial charge in [-0.05, 0) is 49.9 Å². The maximum Gasteiger partial charge on any atom is 0.330 e. The van der Waals surface area contributed by atoms with E-state index in [2.05, 4.69) is 28.1 Å². The Morgan fingerprint density at radius 1 is 0.742 bits per heavy atom. The lowest BCUT2D eigenvalue weighted by Gasteiger charge is -2.19. The van der Waals surface area contributed by atoms with Crippen molar-refractivity contribution in [2.45, 2.75) is 26.7 Å². The average Bonchev–Trinajstić information content (AvgIpc) is 2.78. The average molecular weight is 417 g/mol. The molecule has 1 aromatic heterocycles. The summed E-state index contributed by atoms with van der Waals surface area (Å²) in [4.78, 5) is 15.5. The van der Waals surface area contributed by atoms with Crippen LogP contribution in [-0.2, 0) is 12.8 Å². The number of benzene rings is 2. The molecule has 0 bridgehead atoms. The highest BCUT2D eigenvalue weighted by Gasteiger charge is 2.16. The maximum atomic E-state index is 6.07. The van der Waals surface area contributed by atoms with Gasteiger partial charge in [0.15, 0.2) is 0 Å². The minimum absolute atomic E-state index is 0.185. The molecule has 0 N–H and O–H groups in total. The van der Waals surface area contributed by atoms with Crippen LogP contribution in [0.1, 0.15) is 25.0 Å². The number of hydrogen-bond donors (Lipinski definition) is 0. The zero-order valence-corrected chi connectivity index (χ0v) is 18.1. The van der Waals surface area contributed by atoms with E-state index in [4.69, 9.17) is 9.47 Å². The van der Waals surface area contributed by atoms with Crippen LogP contribution < -0.4 is 14.4 Å². The zero-order chi connectivity index (χ0) is 22.1. The Morgan fingerprint density at radius 3 is 1.61 bits per heavy atom. The third-order valence-corrected chi connectivity index (χ3v) is 4.71. The van der Waals surface area contributed by atoms with Crippen molar-refractivity contribution in [3.63, 3.8) is 0 Å². The number of nitrogens with zero attached hydrogens (tertiary/aromatic N) is 4. The van der Waals surface area contributed by atoms with Crippen LogP contribution in [0.3, 0.4) is 0 Å². The Bertz CT molecular complexity index is 958. The van der Waals surface area contributed by atoms with Gasteiger partial charge in [-0.15, -0.1) is 18.1 Å². The molecule has 0 atom stereocenters. The lowest BCUT2D eigenvalue weighted by molar-refractivity contribution is 0.393. The first-order valence-corrected chi connectivity index (χ1v) is 10.4. The second kappa shape index (κ2) is 10.9. The van der Waals surface area contributed by atoms with Gasteiger partial charge in [0.1, 0.15) is 11.5 Å². The molecule has 0 saturated heterocycles. The number of aromatic nitrogens is 3. The van der Waals surface area contributed by atoms with Gasteiger partial charge in [-0.25, -0.2) is 0 Å². The number of para-hydroxylation sites is 2. The maximum absolute atomic E-state index is 6.07. The van der Waals surface area contributed by atoms with Crippen LogP contribution in [0.2, 0.25) is 0 Å². The van der Waals surface area contributed by atoms with Crippen LogP contribution >= 0.6 is 0 Å². The Labute approximate surface area is 183 Å². The van der Waals surface area contributed by atoms with Gasteiger partial charge >= 0.3 is 12.0 Å². The fourth-order valence-electron chi connectivity index (χ4n) is 3.12. The first-order valence-electron chi connectivity index (χ1n) is 10.4. The molecule has 3 aromatic rings. The van der Waals surface area contributed by atoms with Gasteiger partial charge < -0.3 is 14.4 Å². The third kappa shape index (κ3) is 5.69. The summed E-state index contributed by atoms with van der Waals surface area (Å²) in [5, 5.41) is 0. The van der Waals surface area contributed by atoms with Gasteiger partial charge in [-0.3, -0.25) is 0 Å². The normalized spacial score (nSPS) is 10.4. The smallest absolute Gasteiger partial charge is 0.330 e. The van der Waals surface area contributed by atoms with Crippen LogP contribution in [0.5, 0.6) is 23.5 Å². The van der Waals surface area contributed by atoms with Crippen molar-refractivity contribution >= 4 is 5.95 Å². The second-order valence-corrected chi connectivity index (χ2v) is 6.78. The molecule has 0 radical (unpaired) electrons. The fourth-order valence-corrected chi connectivity index (χ4v) is 3.12. The molecule has 160 valence electrons. The summed E-state index contributed by atoms with van der Waals surface area (Å²) in [6, 6.07) is 15.9. The van der Waals surface area contributed by atoms with Crippen LogP contribution in [0.4, 0.5) is 5.95 Å². The molecule has 6 nitrogen and oxygen atoms in total. The van der Waals surface area contributed by atoms with Crippen LogP contribution in [0.25, 0.3) is 0 Å². The van der Waals surface area contributed by atoms with Gasteiger partial charge in [0, 0.05) is 13.1 Å². The summed E-state index contributed by atoms with van der Waals surface area (Å²) in [6.45, 7) is 13.2. The Balaban J connectivity index is 1.99. The first-order chi connectivity index (χ1) is 15.2. The molecule has 0 spiro atoms. The van der Waals surface area contributed by atoms with Crippen molar-refractivity contribution in [1.29, 1.82) is 0 Å². The van der Waals surface area contributed by atoms with Gasteiger partial charge in [0.25, 0.3) is 0 Å². The van der Waals surface area contributed by atoms with Crippen molar-refractivity contribution in [1.82, 2.24) is 15.0 Å². The topological polar surface area (TPSA) is 60.4 Å². The summed E-state index contributed by atoms with van der Waals surface area (Å²) >= 11 is 0. The predicted molar refractivity (Wildman–Crippen MR) is 124 cm³/mol. The summed E-state index contributed by atoms with van der Waals surface area (Å²) in [6.07, 6.45) is 5.04. The Morgan fingerprint density at radius 2 is 1.19 bits per heavy atom. The van der Waals surface area contributed by atoms with Crippen molar-refractivity contribution in [3.8, 4) is 23.5 Å². The quantitative estimate of drug-likeness (QED) is 0.370. The SMILES string of the molecule is C=CCc1ccccc1Oc1nc(Oc2ccccc2CC=C)nc(N(CC)CC)n1. The highest BCUT2D eigenvalue weighted by Crippen LogP contribution is 2.29. The molecule has 31 heavy (non-hydrogen) atoms. The molecule has 6 heteroatoms. The zero-order valence-electron chi connectivity index (χ0n) is 18.1. The van der Waals surface area contributed by atoms with Gasteiger partial charge in [0.05, 0.1) is 0 Å². The number of hydrogen-bond acceptors (Lipinski definition) is 6. The molecule has 2 aromatic carbocycles. The van der Waals surface area contributed by atoms with E-state index in [-0.39, 0.29) is 12.0 Å². The van der Waals surface area contributed by atoms with E-state index >= 15 is 0 Å². The summed E-state index contributed by atoms with van der Waals surface area (Å²) in [5.74, 6) is 1.86. The van der Waals surface area contributed by atoms with E-state index < -0.39 is 0 Å². The van der Waals surface area contributed by atoms with E-state index in [1.165, 1.54) is 0 Å². The minimum Gasteiger partial charge on any atom is -0.424 e. The third-order valence-electron chi connectivity index (χ3n) is 4.71. The second-order valence-electron chi connectivity index (χ2n) is 6.78. The molecule has 0 unspecified atom stereocenters. The van der Waals surface area contributed by atoms with E-state index in [9.17, 15) is 0 Å². The van der Waals surface area contributed by atoms with E-state index in [1.807, 2.05) is 79.4 Å². The fraction of sp³-hybridized carbons (Fsp3) is 0.240. The van der Waals surface area contributed by atoms with Crippen molar-refractivity contribution in [2.24, 2.45) is 0 Å². The molecule has 0 fully saturated rings. The molecular weight excluding hydrogens is 388 g/mol. The van der Waals surface area contributed by atoms with Gasteiger partial charge in [-0.1, -0.05) is 48.6 Å². The summed E-state index contributed by atoms with van der Waals surface area (Å²) in [5.41, 5.74) is 2.00. The lowest BCUT2D eigenvalue weighted by atomic mass is 10.1. The summed E-state index contributed by atoms with van der Waals surface area (Å²) in [7, 11) is 0. The Hall–Kier alpha value is -3.67. The highest BCUT2D eigenvalue weighted by molar-refractivity contribution is 5.40. The molecule has 0 aliphatic heterocycles. The van der Waals surface area contributed by atoms with Crippen LogP contribution in [-0.4, -0.2) is 28.0 Å². The molecule has 0 aliphatic rings. The molecule has 3 rings (SSSR count). The monoisotopic (exact) mass is 416 g/mol. The minimum atomic E-state index is 0.185. The van der Waals surface area contributed by atoms with Gasteiger partial charge in [-0.2, -0.15) is 9.97 Å². The molecule has 0 amide bonds. The van der Waals surface area contributed by atoms with Crippen molar-refractivity contribution < 1.29 is 9.47 Å². The van der Waals surface area contributed by atoms with Crippen molar-refractivity contribution in [2.75, 3.05) is 18.0 Å².